The predicted octanol–water partition coefficient (Wildman–Crippen LogP) is 2.76. The van der Waals surface area contributed by atoms with Gasteiger partial charge < -0.3 is 4.90 Å². The largest absolute Gasteiger partial charge is 0.356 e. The third-order valence-corrected chi connectivity index (χ3v) is 4.88. The molecule has 1 aliphatic heterocycles. The second kappa shape index (κ2) is 5.48. The summed E-state index contributed by atoms with van der Waals surface area (Å²) in [6.45, 7) is 3.40. The molecule has 120 valence electrons. The Hall–Kier alpha value is -2.17. The molecule has 1 aliphatic carbocycles. The van der Waals surface area contributed by atoms with Crippen LogP contribution >= 0.6 is 0 Å². The Morgan fingerprint density at radius 1 is 1.17 bits per heavy atom. The third-order valence-electron chi connectivity index (χ3n) is 4.88. The van der Waals surface area contributed by atoms with Crippen LogP contribution in [0, 0.1) is 0 Å². The van der Waals surface area contributed by atoms with E-state index >= 15 is 0 Å². The molecule has 0 spiro atoms. The lowest BCUT2D eigenvalue weighted by molar-refractivity contribution is 0.101. The zero-order valence-electron chi connectivity index (χ0n) is 13.4. The van der Waals surface area contributed by atoms with Crippen molar-refractivity contribution >= 4 is 17.2 Å². The summed E-state index contributed by atoms with van der Waals surface area (Å²) in [6.07, 6.45) is 7.62. The number of hydrogen-bond donors (Lipinski definition) is 0. The van der Waals surface area contributed by atoms with Crippen molar-refractivity contribution in [1.82, 2.24) is 9.38 Å². The Balaban J connectivity index is 1.90. The molecule has 0 radical (unpaired) electrons. The molecule has 0 N–H and O–H groups in total. The fraction of sp³-hybridized carbons (Fsp3) is 0.500. The molecule has 5 nitrogen and oxygen atoms in total. The Labute approximate surface area is 135 Å². The van der Waals surface area contributed by atoms with Gasteiger partial charge in [-0.3, -0.25) is 14.0 Å². The number of nitrogens with zero attached hydrogens (tertiary/aromatic N) is 3. The van der Waals surface area contributed by atoms with Crippen molar-refractivity contribution in [3.05, 3.63) is 39.8 Å². The summed E-state index contributed by atoms with van der Waals surface area (Å²) in [5, 5.41) is 0. The lowest BCUT2D eigenvalue weighted by Gasteiger charge is -2.27. The summed E-state index contributed by atoms with van der Waals surface area (Å²) >= 11 is 0. The lowest BCUT2D eigenvalue weighted by atomic mass is 10.1. The molecule has 0 aromatic carbocycles. The van der Waals surface area contributed by atoms with E-state index in [9.17, 15) is 9.59 Å². The molecule has 2 aromatic heterocycles. The van der Waals surface area contributed by atoms with E-state index in [1.165, 1.54) is 6.42 Å². The average molecular weight is 311 g/mol. The van der Waals surface area contributed by atoms with E-state index < -0.39 is 0 Å². The number of carbonyl (C=O) groups excluding carboxylic acids is 1. The van der Waals surface area contributed by atoms with Crippen LogP contribution in [0.1, 0.15) is 60.9 Å². The van der Waals surface area contributed by atoms with Gasteiger partial charge in [0.05, 0.1) is 5.56 Å². The van der Waals surface area contributed by atoms with Crippen LogP contribution < -0.4 is 10.5 Å². The molecule has 5 heteroatoms. The zero-order chi connectivity index (χ0) is 16.0. The van der Waals surface area contributed by atoms with E-state index in [2.05, 4.69) is 9.88 Å². The van der Waals surface area contributed by atoms with Gasteiger partial charge in [-0.25, -0.2) is 4.98 Å². The SMILES string of the molecule is CC(=O)c1cc(C2CC2)cn2c(=O)cc(N3CCCCC3)nc12. The molecule has 2 fully saturated rings. The van der Waals surface area contributed by atoms with Gasteiger partial charge in [0.25, 0.3) is 5.56 Å². The van der Waals surface area contributed by atoms with Crippen molar-refractivity contribution < 1.29 is 4.79 Å². The summed E-state index contributed by atoms with van der Waals surface area (Å²) in [5.74, 6) is 1.16. The molecular formula is C18H21N3O2. The standard InChI is InChI=1S/C18H21N3O2/c1-12(22)15-9-14(13-5-6-13)11-21-17(23)10-16(19-18(15)21)20-7-3-2-4-8-20/h9-11,13H,2-8H2,1H3. The molecule has 0 atom stereocenters. The van der Waals surface area contributed by atoms with Crippen LogP contribution in [-0.4, -0.2) is 28.3 Å². The van der Waals surface area contributed by atoms with Crippen LogP contribution in [0.3, 0.4) is 0 Å². The van der Waals surface area contributed by atoms with E-state index in [1.54, 1.807) is 17.4 Å². The van der Waals surface area contributed by atoms with Crippen LogP contribution in [0.5, 0.6) is 0 Å². The van der Waals surface area contributed by atoms with Crippen molar-refractivity contribution in [2.75, 3.05) is 18.0 Å². The second-order valence-electron chi connectivity index (χ2n) is 6.71. The first-order valence-corrected chi connectivity index (χ1v) is 8.47. The van der Waals surface area contributed by atoms with Crippen molar-refractivity contribution in [3.8, 4) is 0 Å². The fourth-order valence-electron chi connectivity index (χ4n) is 3.40. The van der Waals surface area contributed by atoms with Crippen molar-refractivity contribution in [1.29, 1.82) is 0 Å². The Bertz CT molecular complexity index is 830. The number of aromatic nitrogens is 2. The van der Waals surface area contributed by atoms with Crippen LogP contribution in [0.2, 0.25) is 0 Å². The Morgan fingerprint density at radius 3 is 2.57 bits per heavy atom. The van der Waals surface area contributed by atoms with Crippen LogP contribution in [0.4, 0.5) is 5.82 Å². The number of rotatable bonds is 3. The number of hydrogen-bond acceptors (Lipinski definition) is 4. The van der Waals surface area contributed by atoms with E-state index in [1.807, 2.05) is 12.3 Å². The van der Waals surface area contributed by atoms with Crippen molar-refractivity contribution in [2.24, 2.45) is 0 Å². The Kier molecular flexibility index (Phi) is 3.43. The van der Waals surface area contributed by atoms with E-state index in [0.717, 1.165) is 44.3 Å². The summed E-state index contributed by atoms with van der Waals surface area (Å²) in [6, 6.07) is 3.54. The van der Waals surface area contributed by atoms with E-state index in [4.69, 9.17) is 0 Å². The van der Waals surface area contributed by atoms with Gasteiger partial charge in [-0.05, 0) is 56.6 Å². The minimum Gasteiger partial charge on any atom is -0.356 e. The molecule has 2 aliphatic rings. The molecule has 23 heavy (non-hydrogen) atoms. The van der Waals surface area contributed by atoms with Crippen LogP contribution in [0.25, 0.3) is 5.65 Å². The minimum atomic E-state index is -0.0967. The number of anilines is 1. The topological polar surface area (TPSA) is 54.7 Å². The zero-order valence-corrected chi connectivity index (χ0v) is 13.4. The van der Waals surface area contributed by atoms with Gasteiger partial charge in [-0.1, -0.05) is 0 Å². The van der Waals surface area contributed by atoms with Crippen LogP contribution in [-0.2, 0) is 0 Å². The highest BCUT2D eigenvalue weighted by Gasteiger charge is 2.26. The lowest BCUT2D eigenvalue weighted by Crippen LogP contribution is -2.32. The summed E-state index contributed by atoms with van der Waals surface area (Å²) < 4.78 is 1.55. The maximum Gasteiger partial charge on any atom is 0.259 e. The highest BCUT2D eigenvalue weighted by atomic mass is 16.1. The number of fused-ring (bicyclic) bond motifs is 1. The van der Waals surface area contributed by atoms with Gasteiger partial charge in [-0.15, -0.1) is 0 Å². The first-order chi connectivity index (χ1) is 11.1. The van der Waals surface area contributed by atoms with Gasteiger partial charge in [0.15, 0.2) is 11.4 Å². The fourth-order valence-corrected chi connectivity index (χ4v) is 3.40. The maximum atomic E-state index is 12.6. The highest BCUT2D eigenvalue weighted by molar-refractivity contribution is 6.00. The van der Waals surface area contributed by atoms with Crippen molar-refractivity contribution in [3.63, 3.8) is 0 Å². The molecule has 0 unspecified atom stereocenters. The molecule has 1 saturated heterocycles. The normalized spacial score (nSPS) is 18.4. The first kappa shape index (κ1) is 14.4. The monoisotopic (exact) mass is 311 g/mol. The number of ketones is 1. The summed E-state index contributed by atoms with van der Waals surface area (Å²) in [5.41, 5.74) is 2.04. The second-order valence-corrected chi connectivity index (χ2v) is 6.71. The van der Waals surface area contributed by atoms with E-state index in [0.29, 0.717) is 22.9 Å². The first-order valence-electron chi connectivity index (χ1n) is 8.47. The van der Waals surface area contributed by atoms with Gasteiger partial charge in [0, 0.05) is 25.4 Å². The highest BCUT2D eigenvalue weighted by Crippen LogP contribution is 2.40. The molecule has 0 bridgehead atoms. The van der Waals surface area contributed by atoms with E-state index in [-0.39, 0.29) is 11.3 Å². The number of piperidine rings is 1. The summed E-state index contributed by atoms with van der Waals surface area (Å²) in [7, 11) is 0. The van der Waals surface area contributed by atoms with Crippen molar-refractivity contribution in [2.45, 2.75) is 44.9 Å². The Morgan fingerprint density at radius 2 is 1.91 bits per heavy atom. The summed E-state index contributed by atoms with van der Waals surface area (Å²) in [4.78, 5) is 31.5. The quantitative estimate of drug-likeness (QED) is 0.818. The van der Waals surface area contributed by atoms with Crippen LogP contribution in [0.15, 0.2) is 23.1 Å². The van der Waals surface area contributed by atoms with Gasteiger partial charge in [0.2, 0.25) is 0 Å². The molecule has 3 heterocycles. The van der Waals surface area contributed by atoms with Gasteiger partial charge in [0.1, 0.15) is 5.82 Å². The molecule has 0 amide bonds. The smallest absolute Gasteiger partial charge is 0.259 e. The molecular weight excluding hydrogens is 290 g/mol. The predicted molar refractivity (Wildman–Crippen MR) is 89.5 cm³/mol. The molecule has 2 aromatic rings. The van der Waals surface area contributed by atoms with Gasteiger partial charge >= 0.3 is 0 Å². The third kappa shape index (κ3) is 2.64. The number of pyridine rings is 1. The maximum absolute atomic E-state index is 12.6. The molecule has 4 rings (SSSR count). The molecule has 1 saturated carbocycles. The number of carbonyl (C=O) groups is 1. The van der Waals surface area contributed by atoms with Gasteiger partial charge in [-0.2, -0.15) is 0 Å². The number of Topliss-reactive ketones (excluding diaryl/α,β-unsaturated/α-hetero) is 1. The minimum absolute atomic E-state index is 0.0345. The average Bonchev–Trinajstić information content (AvgIpc) is 3.39.